The lowest BCUT2D eigenvalue weighted by atomic mass is 9.89. The minimum Gasteiger partial charge on any atom is -0.462 e. The lowest BCUT2D eigenvalue weighted by Crippen LogP contribution is -2.35. The number of carbonyl (C=O) groups excluding carboxylic acids is 2. The maximum Gasteiger partial charge on any atom is 0.345 e. The van der Waals surface area contributed by atoms with Crippen molar-refractivity contribution < 1.29 is 19.1 Å². The minimum atomic E-state index is -1.35. The summed E-state index contributed by atoms with van der Waals surface area (Å²) in [6.45, 7) is 3.77. The van der Waals surface area contributed by atoms with Crippen LogP contribution in [0.1, 0.15) is 25.8 Å². The summed E-state index contributed by atoms with van der Waals surface area (Å²) in [5, 5.41) is 10.2. The first-order valence-corrected chi connectivity index (χ1v) is 7.58. The standard InChI is InChI=1S/C17H18ClNO4/c1-3-22-16(21)14(11-20)10-17(12-19,23-4-2)9-13-5-7-15(18)8-6-13/h5-8H,3-4,9-10H2,1-2H3. The molecule has 0 aliphatic heterocycles. The Morgan fingerprint density at radius 3 is 2.39 bits per heavy atom. The molecule has 0 aliphatic carbocycles. The molecule has 1 aromatic rings. The summed E-state index contributed by atoms with van der Waals surface area (Å²) in [6, 6.07) is 9.01. The normalized spacial score (nSPS) is 12.6. The molecule has 0 bridgehead atoms. The molecule has 1 atom stereocenters. The zero-order valence-electron chi connectivity index (χ0n) is 13.1. The summed E-state index contributed by atoms with van der Waals surface area (Å²) >= 11 is 5.85. The fourth-order valence-corrected chi connectivity index (χ4v) is 2.26. The quantitative estimate of drug-likeness (QED) is 0.415. The Hall–Kier alpha value is -2.12. The number of hydrogen-bond acceptors (Lipinski definition) is 5. The second-order valence-electron chi connectivity index (χ2n) is 4.82. The highest BCUT2D eigenvalue weighted by Crippen LogP contribution is 2.26. The minimum absolute atomic E-state index is 0.134. The number of ether oxygens (including phenoxy) is 2. The second-order valence-corrected chi connectivity index (χ2v) is 5.26. The van der Waals surface area contributed by atoms with E-state index in [1.807, 2.05) is 0 Å². The van der Waals surface area contributed by atoms with Crippen molar-refractivity contribution in [3.05, 3.63) is 40.4 Å². The fraction of sp³-hybridized carbons (Fsp3) is 0.412. The predicted molar refractivity (Wildman–Crippen MR) is 85.6 cm³/mol. The van der Waals surface area contributed by atoms with Gasteiger partial charge in [-0.2, -0.15) is 5.26 Å². The van der Waals surface area contributed by atoms with Gasteiger partial charge in [0, 0.05) is 24.5 Å². The maximum atomic E-state index is 11.8. The zero-order chi connectivity index (χ0) is 17.3. The molecule has 0 amide bonds. The first-order valence-electron chi connectivity index (χ1n) is 7.21. The molecule has 0 aliphatic rings. The largest absolute Gasteiger partial charge is 0.462 e. The van der Waals surface area contributed by atoms with Gasteiger partial charge in [0.1, 0.15) is 11.5 Å². The Bertz CT molecular complexity index is 629. The molecule has 0 heterocycles. The molecule has 0 fully saturated rings. The topological polar surface area (TPSA) is 76.4 Å². The Labute approximate surface area is 140 Å². The Morgan fingerprint density at radius 1 is 1.26 bits per heavy atom. The van der Waals surface area contributed by atoms with E-state index in [0.717, 1.165) is 5.56 Å². The number of nitrogens with zero attached hydrogens (tertiary/aromatic N) is 1. The van der Waals surface area contributed by atoms with Crippen LogP contribution in [0.5, 0.6) is 0 Å². The third kappa shape index (κ3) is 5.54. The Morgan fingerprint density at radius 2 is 1.91 bits per heavy atom. The first-order chi connectivity index (χ1) is 11.0. The molecular weight excluding hydrogens is 318 g/mol. The van der Waals surface area contributed by atoms with Gasteiger partial charge in [0.25, 0.3) is 0 Å². The highest BCUT2D eigenvalue weighted by atomic mass is 35.5. The van der Waals surface area contributed by atoms with Crippen LogP contribution in [0.4, 0.5) is 0 Å². The molecule has 1 unspecified atom stereocenters. The van der Waals surface area contributed by atoms with Gasteiger partial charge in [-0.15, -0.1) is 0 Å². The molecule has 0 saturated heterocycles. The summed E-state index contributed by atoms with van der Waals surface area (Å²) in [5.74, 6) is 0.790. The van der Waals surface area contributed by atoms with E-state index in [1.165, 1.54) is 0 Å². The Kier molecular flexibility index (Phi) is 7.50. The number of carbonyl (C=O) groups is 1. The average Bonchev–Trinajstić information content (AvgIpc) is 2.55. The summed E-state index contributed by atoms with van der Waals surface area (Å²) < 4.78 is 10.4. The second kappa shape index (κ2) is 9.12. The van der Waals surface area contributed by atoms with Crippen molar-refractivity contribution in [2.24, 2.45) is 0 Å². The van der Waals surface area contributed by atoms with Crippen molar-refractivity contribution in [1.82, 2.24) is 0 Å². The van der Waals surface area contributed by atoms with Gasteiger partial charge >= 0.3 is 5.97 Å². The zero-order valence-corrected chi connectivity index (χ0v) is 13.9. The van der Waals surface area contributed by atoms with Gasteiger partial charge in [-0.25, -0.2) is 9.59 Å². The van der Waals surface area contributed by atoms with E-state index in [9.17, 15) is 14.9 Å². The van der Waals surface area contributed by atoms with Crippen LogP contribution in [0.3, 0.4) is 0 Å². The van der Waals surface area contributed by atoms with Crippen LogP contribution in [0.15, 0.2) is 29.8 Å². The number of esters is 1. The van der Waals surface area contributed by atoms with Gasteiger partial charge in [-0.3, -0.25) is 0 Å². The third-order valence-corrected chi connectivity index (χ3v) is 3.39. The van der Waals surface area contributed by atoms with E-state index in [1.54, 1.807) is 44.1 Å². The number of rotatable bonds is 8. The van der Waals surface area contributed by atoms with Crippen LogP contribution in [0.25, 0.3) is 0 Å². The summed E-state index contributed by atoms with van der Waals surface area (Å²) in [4.78, 5) is 22.8. The monoisotopic (exact) mass is 335 g/mol. The highest BCUT2D eigenvalue weighted by Gasteiger charge is 2.35. The number of hydrogen-bond donors (Lipinski definition) is 0. The van der Waals surface area contributed by atoms with E-state index in [-0.39, 0.29) is 31.6 Å². The summed E-state index contributed by atoms with van der Waals surface area (Å²) in [6.07, 6.45) is 0.0153. The maximum absolute atomic E-state index is 11.8. The summed E-state index contributed by atoms with van der Waals surface area (Å²) in [7, 11) is 0. The Balaban J connectivity index is 3.06. The van der Waals surface area contributed by atoms with Gasteiger partial charge in [0.05, 0.1) is 12.7 Å². The lowest BCUT2D eigenvalue weighted by molar-refractivity contribution is -0.139. The van der Waals surface area contributed by atoms with Gasteiger partial charge in [-0.05, 0) is 31.5 Å². The van der Waals surface area contributed by atoms with Gasteiger partial charge < -0.3 is 9.47 Å². The molecule has 1 aromatic carbocycles. The van der Waals surface area contributed by atoms with E-state index in [0.29, 0.717) is 5.02 Å². The van der Waals surface area contributed by atoms with E-state index < -0.39 is 11.6 Å². The van der Waals surface area contributed by atoms with Crippen molar-refractivity contribution in [2.45, 2.75) is 32.3 Å². The molecule has 0 N–H and O–H groups in total. The fourth-order valence-electron chi connectivity index (χ4n) is 2.14. The van der Waals surface area contributed by atoms with Crippen LogP contribution in [0.2, 0.25) is 5.02 Å². The van der Waals surface area contributed by atoms with Crippen LogP contribution in [-0.4, -0.2) is 30.7 Å². The van der Waals surface area contributed by atoms with E-state index >= 15 is 0 Å². The molecule has 0 aromatic heterocycles. The SMILES string of the molecule is CCOC(=O)C(=C=O)CC(C#N)(Cc1ccc(Cl)cc1)OCC. The average molecular weight is 336 g/mol. The van der Waals surface area contributed by atoms with Crippen molar-refractivity contribution in [3.63, 3.8) is 0 Å². The van der Waals surface area contributed by atoms with Crippen LogP contribution in [0, 0.1) is 11.3 Å². The van der Waals surface area contributed by atoms with Crippen molar-refractivity contribution in [1.29, 1.82) is 5.26 Å². The molecule has 0 spiro atoms. The van der Waals surface area contributed by atoms with Crippen LogP contribution >= 0.6 is 11.6 Å². The van der Waals surface area contributed by atoms with Crippen molar-refractivity contribution in [3.8, 4) is 6.07 Å². The van der Waals surface area contributed by atoms with Gasteiger partial charge in [-0.1, -0.05) is 23.7 Å². The molecular formula is C17H18ClNO4. The molecule has 1 rings (SSSR count). The van der Waals surface area contributed by atoms with Crippen molar-refractivity contribution in [2.75, 3.05) is 13.2 Å². The lowest BCUT2D eigenvalue weighted by Gasteiger charge is -2.26. The number of benzene rings is 1. The third-order valence-electron chi connectivity index (χ3n) is 3.13. The first kappa shape index (κ1) is 18.9. The molecule has 5 nitrogen and oxygen atoms in total. The number of nitriles is 1. The summed E-state index contributed by atoms with van der Waals surface area (Å²) in [5.41, 5.74) is -0.781. The van der Waals surface area contributed by atoms with Crippen molar-refractivity contribution >= 4 is 23.5 Å². The molecule has 0 saturated carbocycles. The van der Waals surface area contributed by atoms with E-state index in [2.05, 4.69) is 6.07 Å². The molecule has 0 radical (unpaired) electrons. The predicted octanol–water partition coefficient (Wildman–Crippen LogP) is 2.89. The van der Waals surface area contributed by atoms with Gasteiger partial charge in [0.2, 0.25) is 0 Å². The van der Waals surface area contributed by atoms with Crippen LogP contribution < -0.4 is 0 Å². The highest BCUT2D eigenvalue weighted by molar-refractivity contribution is 6.30. The molecule has 23 heavy (non-hydrogen) atoms. The number of halogens is 1. The van der Waals surface area contributed by atoms with E-state index in [4.69, 9.17) is 21.1 Å². The van der Waals surface area contributed by atoms with Crippen LogP contribution in [-0.2, 0) is 25.5 Å². The molecule has 122 valence electrons. The smallest absolute Gasteiger partial charge is 0.345 e. The molecule has 6 heteroatoms. The van der Waals surface area contributed by atoms with Gasteiger partial charge in [0.15, 0.2) is 5.60 Å².